The van der Waals surface area contributed by atoms with Crippen LogP contribution in [-0.4, -0.2) is 16.8 Å². The molecule has 26 heavy (non-hydrogen) atoms. The molecule has 2 amide bonds. The predicted molar refractivity (Wildman–Crippen MR) is 95.4 cm³/mol. The second-order valence-corrected chi connectivity index (χ2v) is 5.83. The summed E-state index contributed by atoms with van der Waals surface area (Å²) >= 11 is 0. The topological polar surface area (TPSA) is 78.9 Å². The highest BCUT2D eigenvalue weighted by Crippen LogP contribution is 2.08. The van der Waals surface area contributed by atoms with Gasteiger partial charge < -0.3 is 10.6 Å². The molecule has 0 atom stereocenters. The molecule has 3 aromatic rings. The Labute approximate surface area is 151 Å². The monoisotopic (exact) mass is 349 g/mol. The molecule has 0 saturated carbocycles. The van der Waals surface area contributed by atoms with Crippen molar-refractivity contribution in [3.63, 3.8) is 0 Å². The van der Waals surface area contributed by atoms with Crippen molar-refractivity contribution in [2.24, 2.45) is 14.1 Å². The number of hydrogen-bond donors (Lipinski definition) is 2. The molecule has 3 heterocycles. The van der Waals surface area contributed by atoms with Crippen LogP contribution in [0.3, 0.4) is 0 Å². The van der Waals surface area contributed by atoms with Crippen molar-refractivity contribution in [1.82, 2.24) is 4.98 Å². The SMILES string of the molecule is C[n+]1cccc(NC(=O)c2cccc(C(=O)Nc3ccc[n+](C)c3)n2)c1. The minimum atomic E-state index is -0.378. The molecular formula is C19H19N5O2+2. The van der Waals surface area contributed by atoms with Crippen molar-refractivity contribution in [3.8, 4) is 0 Å². The molecule has 7 nitrogen and oxygen atoms in total. The van der Waals surface area contributed by atoms with E-state index in [-0.39, 0.29) is 23.2 Å². The van der Waals surface area contributed by atoms with Gasteiger partial charge in [-0.3, -0.25) is 9.59 Å². The van der Waals surface area contributed by atoms with Crippen molar-refractivity contribution in [3.05, 3.63) is 78.6 Å². The number of rotatable bonds is 4. The lowest BCUT2D eigenvalue weighted by atomic mass is 10.2. The van der Waals surface area contributed by atoms with Crippen LogP contribution in [-0.2, 0) is 14.1 Å². The molecule has 0 radical (unpaired) electrons. The fraction of sp³-hybridized carbons (Fsp3) is 0.105. The van der Waals surface area contributed by atoms with Crippen molar-refractivity contribution in [2.75, 3.05) is 10.6 Å². The van der Waals surface area contributed by atoms with Gasteiger partial charge in [0.05, 0.1) is 0 Å². The summed E-state index contributed by atoms with van der Waals surface area (Å²) in [7, 11) is 3.73. The van der Waals surface area contributed by atoms with Gasteiger partial charge >= 0.3 is 0 Å². The fourth-order valence-electron chi connectivity index (χ4n) is 2.40. The predicted octanol–water partition coefficient (Wildman–Crippen LogP) is 1.24. The molecule has 0 spiro atoms. The number of nitrogens with zero attached hydrogens (tertiary/aromatic N) is 3. The Morgan fingerprint density at radius 2 is 1.23 bits per heavy atom. The lowest BCUT2D eigenvalue weighted by molar-refractivity contribution is -0.670. The Bertz CT molecular complexity index is 897. The third-order valence-electron chi connectivity index (χ3n) is 3.61. The molecule has 0 aliphatic rings. The van der Waals surface area contributed by atoms with E-state index in [9.17, 15) is 9.59 Å². The highest BCUT2D eigenvalue weighted by molar-refractivity contribution is 6.06. The molecule has 0 unspecified atom stereocenters. The molecule has 130 valence electrons. The number of anilines is 2. The molecule has 0 aromatic carbocycles. The van der Waals surface area contributed by atoms with E-state index in [1.165, 1.54) is 0 Å². The van der Waals surface area contributed by atoms with E-state index in [1.54, 1.807) is 42.7 Å². The maximum Gasteiger partial charge on any atom is 0.274 e. The van der Waals surface area contributed by atoms with Gasteiger partial charge in [-0.1, -0.05) is 6.07 Å². The highest BCUT2D eigenvalue weighted by Gasteiger charge is 2.14. The number of pyridine rings is 3. The average Bonchev–Trinajstić information content (AvgIpc) is 2.62. The van der Waals surface area contributed by atoms with Gasteiger partial charge in [0, 0.05) is 12.1 Å². The number of amides is 2. The fourth-order valence-corrected chi connectivity index (χ4v) is 2.40. The number of aromatic nitrogens is 3. The second-order valence-electron chi connectivity index (χ2n) is 5.83. The lowest BCUT2D eigenvalue weighted by Gasteiger charge is -2.06. The maximum absolute atomic E-state index is 12.4. The van der Waals surface area contributed by atoms with Crippen molar-refractivity contribution in [1.29, 1.82) is 0 Å². The quantitative estimate of drug-likeness (QED) is 0.696. The first-order valence-electron chi connectivity index (χ1n) is 8.01. The van der Waals surface area contributed by atoms with Crippen LogP contribution in [0.25, 0.3) is 0 Å². The summed E-state index contributed by atoms with van der Waals surface area (Å²) in [5.41, 5.74) is 1.63. The third kappa shape index (κ3) is 4.27. The number of nitrogens with one attached hydrogen (secondary N) is 2. The van der Waals surface area contributed by atoms with Crippen LogP contribution >= 0.6 is 0 Å². The summed E-state index contributed by atoms with van der Waals surface area (Å²) in [6.45, 7) is 0. The van der Waals surface area contributed by atoms with Crippen molar-refractivity contribution < 1.29 is 18.7 Å². The summed E-state index contributed by atoms with van der Waals surface area (Å²) in [5, 5.41) is 5.53. The van der Waals surface area contributed by atoms with Crippen LogP contribution in [0, 0.1) is 0 Å². The van der Waals surface area contributed by atoms with Gasteiger partial charge in [-0.2, -0.15) is 0 Å². The highest BCUT2D eigenvalue weighted by atomic mass is 16.2. The Hall–Kier alpha value is -3.61. The Morgan fingerprint density at radius 1 is 0.769 bits per heavy atom. The van der Waals surface area contributed by atoms with E-state index >= 15 is 0 Å². The van der Waals surface area contributed by atoms with Crippen LogP contribution in [0.15, 0.2) is 67.3 Å². The van der Waals surface area contributed by atoms with Gasteiger partial charge in [-0.15, -0.1) is 0 Å². The number of aryl methyl sites for hydroxylation is 2. The van der Waals surface area contributed by atoms with E-state index in [0.717, 1.165) is 0 Å². The summed E-state index contributed by atoms with van der Waals surface area (Å²) in [6.07, 6.45) is 7.29. The maximum atomic E-state index is 12.4. The Morgan fingerprint density at radius 3 is 1.65 bits per heavy atom. The minimum Gasteiger partial charge on any atom is -0.316 e. The second kappa shape index (κ2) is 7.52. The molecular weight excluding hydrogens is 330 g/mol. The molecule has 2 N–H and O–H groups in total. The van der Waals surface area contributed by atoms with E-state index in [0.29, 0.717) is 11.4 Å². The molecule has 3 aromatic heterocycles. The van der Waals surface area contributed by atoms with Crippen LogP contribution in [0.4, 0.5) is 11.4 Å². The largest absolute Gasteiger partial charge is 0.316 e. The molecule has 0 saturated heterocycles. The number of carbonyl (C=O) groups excluding carboxylic acids is 2. The number of carbonyl (C=O) groups is 2. The van der Waals surface area contributed by atoms with Crippen molar-refractivity contribution >= 4 is 23.2 Å². The van der Waals surface area contributed by atoms with Crippen molar-refractivity contribution in [2.45, 2.75) is 0 Å². The molecule has 0 bridgehead atoms. The van der Waals surface area contributed by atoms with Crippen LogP contribution in [0.1, 0.15) is 21.0 Å². The van der Waals surface area contributed by atoms with Gasteiger partial charge in [0.15, 0.2) is 24.8 Å². The van der Waals surface area contributed by atoms with Crippen LogP contribution in [0.5, 0.6) is 0 Å². The Kier molecular flexibility index (Phi) is 4.98. The van der Waals surface area contributed by atoms with Crippen LogP contribution in [0.2, 0.25) is 0 Å². The van der Waals surface area contributed by atoms with Crippen LogP contribution < -0.4 is 19.8 Å². The van der Waals surface area contributed by atoms with Gasteiger partial charge in [0.1, 0.15) is 36.9 Å². The molecule has 0 fully saturated rings. The molecule has 7 heteroatoms. The zero-order valence-corrected chi connectivity index (χ0v) is 14.5. The number of hydrogen-bond acceptors (Lipinski definition) is 3. The summed E-state index contributed by atoms with van der Waals surface area (Å²) in [5.74, 6) is -0.756. The molecule has 3 rings (SSSR count). The summed E-state index contributed by atoms with van der Waals surface area (Å²) in [4.78, 5) is 28.9. The van der Waals surface area contributed by atoms with E-state index < -0.39 is 0 Å². The normalized spacial score (nSPS) is 10.2. The smallest absolute Gasteiger partial charge is 0.274 e. The van der Waals surface area contributed by atoms with E-state index in [4.69, 9.17) is 0 Å². The van der Waals surface area contributed by atoms with Gasteiger partial charge in [-0.05, 0) is 24.3 Å². The first kappa shape index (κ1) is 17.2. The van der Waals surface area contributed by atoms with E-state index in [1.807, 2.05) is 47.8 Å². The average molecular weight is 349 g/mol. The van der Waals surface area contributed by atoms with Gasteiger partial charge in [0.25, 0.3) is 11.8 Å². The van der Waals surface area contributed by atoms with Gasteiger partial charge in [-0.25, -0.2) is 14.1 Å². The zero-order chi connectivity index (χ0) is 18.5. The standard InChI is InChI=1S/C19H17N5O2/c1-23-10-4-6-14(12-23)20-18(25)16-8-3-9-17(22-16)19(26)21-15-7-5-11-24(2)13-15/h3-13H,1-2H3/p+2. The first-order valence-corrected chi connectivity index (χ1v) is 8.01. The summed E-state index contributed by atoms with van der Waals surface area (Å²) in [6, 6.07) is 12.0. The first-order chi connectivity index (χ1) is 12.5. The zero-order valence-electron chi connectivity index (χ0n) is 14.5. The van der Waals surface area contributed by atoms with E-state index in [2.05, 4.69) is 15.6 Å². The lowest BCUT2D eigenvalue weighted by Crippen LogP contribution is -2.28. The molecule has 0 aliphatic carbocycles. The minimum absolute atomic E-state index is 0.169. The Balaban J connectivity index is 1.75. The molecule has 0 aliphatic heterocycles. The third-order valence-corrected chi connectivity index (χ3v) is 3.61. The summed E-state index contributed by atoms with van der Waals surface area (Å²) < 4.78 is 3.65. The van der Waals surface area contributed by atoms with Gasteiger partial charge in [0.2, 0.25) is 0 Å².